The third kappa shape index (κ3) is 4.38. The molecule has 0 N–H and O–H groups in total. The van der Waals surface area contributed by atoms with E-state index in [0.29, 0.717) is 12.5 Å². The summed E-state index contributed by atoms with van der Waals surface area (Å²) in [6, 6.07) is 7.96. The second-order valence-electron chi connectivity index (χ2n) is 6.17. The van der Waals surface area contributed by atoms with Gasteiger partial charge in [0.2, 0.25) is 0 Å². The maximum Gasteiger partial charge on any atom is 0.151 e. The van der Waals surface area contributed by atoms with E-state index in [1.165, 1.54) is 0 Å². The number of hydrogen-bond donors (Lipinski definition) is 0. The Bertz CT molecular complexity index is 708. The van der Waals surface area contributed by atoms with Gasteiger partial charge in [-0.1, -0.05) is 30.0 Å². The molecule has 1 fully saturated rings. The lowest BCUT2D eigenvalue weighted by Crippen LogP contribution is -2.34. The van der Waals surface area contributed by atoms with Gasteiger partial charge in [-0.2, -0.15) is 0 Å². The summed E-state index contributed by atoms with van der Waals surface area (Å²) >= 11 is 1.68. The van der Waals surface area contributed by atoms with E-state index in [0.717, 1.165) is 59.6 Å². The monoisotopic (exact) mass is 359 g/mol. The van der Waals surface area contributed by atoms with Crippen LogP contribution >= 0.6 is 11.3 Å². The average Bonchev–Trinajstić information content (AvgIpc) is 3.12. The molecule has 1 aromatic heterocycles. The molecule has 0 aliphatic carbocycles. The lowest BCUT2D eigenvalue weighted by Gasteiger charge is -2.31. The molecule has 2 aromatic rings. The Labute approximate surface area is 153 Å². The number of likely N-dealkylation sites (tertiary alicyclic amines) is 1. The molecule has 1 aromatic carbocycles. The summed E-state index contributed by atoms with van der Waals surface area (Å²) < 4.78 is 10.9. The maximum absolute atomic E-state index is 5.46. The number of aromatic nitrogens is 2. The summed E-state index contributed by atoms with van der Waals surface area (Å²) in [4.78, 5) is 2.40. The van der Waals surface area contributed by atoms with Crippen LogP contribution in [0.4, 0.5) is 0 Å². The molecule has 5 nitrogen and oxygen atoms in total. The zero-order valence-electron chi connectivity index (χ0n) is 14.9. The minimum atomic E-state index is 0.484. The molecular weight excluding hydrogens is 334 g/mol. The van der Waals surface area contributed by atoms with Crippen molar-refractivity contribution in [1.82, 2.24) is 15.1 Å². The van der Waals surface area contributed by atoms with Gasteiger partial charge < -0.3 is 9.47 Å². The average molecular weight is 359 g/mol. The summed E-state index contributed by atoms with van der Waals surface area (Å²) in [5.74, 6) is 2.18. The van der Waals surface area contributed by atoms with Crippen LogP contribution in [0.3, 0.4) is 0 Å². The van der Waals surface area contributed by atoms with E-state index in [-0.39, 0.29) is 0 Å². The van der Waals surface area contributed by atoms with Crippen molar-refractivity contribution >= 4 is 11.3 Å². The van der Waals surface area contributed by atoms with E-state index < -0.39 is 0 Å². The summed E-state index contributed by atoms with van der Waals surface area (Å²) in [6.07, 6.45) is 2.19. The van der Waals surface area contributed by atoms with Gasteiger partial charge in [-0.3, -0.25) is 4.90 Å². The van der Waals surface area contributed by atoms with Crippen LogP contribution in [0.25, 0.3) is 10.6 Å². The number of hydrogen-bond acceptors (Lipinski definition) is 6. The smallest absolute Gasteiger partial charge is 0.151 e. The second kappa shape index (κ2) is 8.45. The number of piperidine rings is 1. The fraction of sp³-hybridized carbons (Fsp3) is 0.474. The highest BCUT2D eigenvalue weighted by molar-refractivity contribution is 7.14. The first kappa shape index (κ1) is 17.9. The number of methoxy groups -OCH3 is 1. The second-order valence-corrected chi connectivity index (χ2v) is 7.18. The molecule has 0 saturated carbocycles. The largest absolute Gasteiger partial charge is 0.497 e. The number of rotatable bonds is 7. The molecule has 0 radical (unpaired) electrons. The Morgan fingerprint density at radius 2 is 2.04 bits per heavy atom. The van der Waals surface area contributed by atoms with Crippen LogP contribution in [0, 0.1) is 0 Å². The molecule has 25 heavy (non-hydrogen) atoms. The Balaban J connectivity index is 1.61. The van der Waals surface area contributed by atoms with Gasteiger partial charge in [0.1, 0.15) is 16.5 Å². The number of benzene rings is 1. The Morgan fingerprint density at radius 1 is 1.28 bits per heavy atom. The molecule has 6 heteroatoms. The first-order valence-corrected chi connectivity index (χ1v) is 9.52. The molecule has 0 unspecified atom stereocenters. The molecular formula is C19H25N3O2S. The zero-order chi connectivity index (χ0) is 17.6. The van der Waals surface area contributed by atoms with Crippen molar-refractivity contribution in [1.29, 1.82) is 0 Å². The van der Waals surface area contributed by atoms with Crippen molar-refractivity contribution < 1.29 is 9.47 Å². The summed E-state index contributed by atoms with van der Waals surface area (Å²) in [7, 11) is 1.69. The van der Waals surface area contributed by atoms with Crippen molar-refractivity contribution in [3.05, 3.63) is 41.6 Å². The van der Waals surface area contributed by atoms with Gasteiger partial charge in [-0.05, 0) is 45.0 Å². The van der Waals surface area contributed by atoms with Crippen molar-refractivity contribution in [2.24, 2.45) is 0 Å². The van der Waals surface area contributed by atoms with Gasteiger partial charge in [-0.15, -0.1) is 10.2 Å². The Morgan fingerprint density at radius 3 is 2.76 bits per heavy atom. The van der Waals surface area contributed by atoms with Crippen LogP contribution in [0.2, 0.25) is 0 Å². The molecule has 0 atom stereocenters. The molecule has 1 saturated heterocycles. The Kier molecular flexibility index (Phi) is 6.04. The molecule has 0 bridgehead atoms. The highest BCUT2D eigenvalue weighted by atomic mass is 32.1. The molecule has 1 aliphatic rings. The van der Waals surface area contributed by atoms with Crippen molar-refractivity contribution in [3.63, 3.8) is 0 Å². The predicted molar refractivity (Wildman–Crippen MR) is 101 cm³/mol. The van der Waals surface area contributed by atoms with Gasteiger partial charge >= 0.3 is 0 Å². The minimum absolute atomic E-state index is 0.484. The van der Waals surface area contributed by atoms with E-state index in [1.54, 1.807) is 18.4 Å². The van der Waals surface area contributed by atoms with E-state index in [1.807, 2.05) is 31.2 Å². The fourth-order valence-electron chi connectivity index (χ4n) is 3.17. The van der Waals surface area contributed by atoms with Gasteiger partial charge in [0.05, 0.1) is 25.8 Å². The third-order valence-corrected chi connectivity index (χ3v) is 5.58. The summed E-state index contributed by atoms with van der Waals surface area (Å²) in [6.45, 7) is 9.56. The normalized spacial score (nSPS) is 15.9. The van der Waals surface area contributed by atoms with Gasteiger partial charge in [0, 0.05) is 5.92 Å². The zero-order valence-corrected chi connectivity index (χ0v) is 15.7. The first-order valence-electron chi connectivity index (χ1n) is 8.71. The fourth-order valence-corrected chi connectivity index (χ4v) is 4.21. The Hall–Kier alpha value is -1.92. The van der Waals surface area contributed by atoms with Gasteiger partial charge in [-0.25, -0.2) is 0 Å². The highest BCUT2D eigenvalue weighted by Crippen LogP contribution is 2.36. The van der Waals surface area contributed by atoms with Crippen LogP contribution in [-0.2, 0) is 4.74 Å². The van der Waals surface area contributed by atoms with E-state index in [9.17, 15) is 0 Å². The molecule has 134 valence electrons. The number of para-hydroxylation sites is 1. The van der Waals surface area contributed by atoms with Crippen LogP contribution in [-0.4, -0.2) is 48.4 Å². The molecule has 3 rings (SSSR count). The van der Waals surface area contributed by atoms with Crippen molar-refractivity contribution in [2.75, 3.05) is 33.4 Å². The van der Waals surface area contributed by atoms with Gasteiger partial charge in [0.25, 0.3) is 0 Å². The van der Waals surface area contributed by atoms with E-state index in [4.69, 9.17) is 9.47 Å². The quantitative estimate of drug-likeness (QED) is 0.701. The molecule has 0 spiro atoms. The first-order chi connectivity index (χ1) is 12.2. The molecule has 2 heterocycles. The van der Waals surface area contributed by atoms with Crippen molar-refractivity contribution in [3.8, 4) is 16.3 Å². The molecule has 1 aliphatic heterocycles. The van der Waals surface area contributed by atoms with Crippen LogP contribution in [0.15, 0.2) is 36.6 Å². The van der Waals surface area contributed by atoms with Crippen LogP contribution < -0.4 is 4.74 Å². The predicted octanol–water partition coefficient (Wildman–Crippen LogP) is 3.94. The topological polar surface area (TPSA) is 47.5 Å². The SMILES string of the molecule is C=C(CN1CCC(c2nnc(-c3ccccc3OC)s2)CC1)OCC. The lowest BCUT2D eigenvalue weighted by molar-refractivity contribution is 0.160. The number of nitrogens with zero attached hydrogens (tertiary/aromatic N) is 3. The maximum atomic E-state index is 5.46. The minimum Gasteiger partial charge on any atom is -0.497 e. The summed E-state index contributed by atoms with van der Waals surface area (Å²) in [5.41, 5.74) is 1.01. The van der Waals surface area contributed by atoms with Gasteiger partial charge in [0.15, 0.2) is 5.01 Å². The molecule has 0 amide bonds. The van der Waals surface area contributed by atoms with Crippen LogP contribution in [0.1, 0.15) is 30.7 Å². The standard InChI is InChI=1S/C19H25N3O2S/c1-4-24-14(2)13-22-11-9-15(10-12-22)18-20-21-19(25-18)16-7-5-6-8-17(16)23-3/h5-8,15H,2,4,9-13H2,1,3H3. The third-order valence-electron chi connectivity index (χ3n) is 4.46. The summed E-state index contributed by atoms with van der Waals surface area (Å²) in [5, 5.41) is 10.9. The number of ether oxygens (including phenoxy) is 2. The van der Waals surface area contributed by atoms with E-state index in [2.05, 4.69) is 21.7 Å². The van der Waals surface area contributed by atoms with E-state index >= 15 is 0 Å². The van der Waals surface area contributed by atoms with Crippen molar-refractivity contribution in [2.45, 2.75) is 25.7 Å². The lowest BCUT2D eigenvalue weighted by atomic mass is 9.98. The van der Waals surface area contributed by atoms with Crippen LogP contribution in [0.5, 0.6) is 5.75 Å². The highest BCUT2D eigenvalue weighted by Gasteiger charge is 2.24.